The van der Waals surface area contributed by atoms with Crippen molar-refractivity contribution in [2.24, 2.45) is 0 Å². The molecule has 118 valence electrons. The van der Waals surface area contributed by atoms with E-state index in [-0.39, 0.29) is 12.3 Å². The Morgan fingerprint density at radius 3 is 2.52 bits per heavy atom. The molecular weight excluding hydrogens is 310 g/mol. The molecule has 0 aliphatic carbocycles. The second-order valence-corrected chi connectivity index (χ2v) is 5.11. The summed E-state index contributed by atoms with van der Waals surface area (Å²) in [5.74, 6) is -0.450. The average Bonchev–Trinajstić information content (AvgIpc) is 2.88. The number of rotatable bonds is 2. The van der Waals surface area contributed by atoms with Crippen molar-refractivity contribution >= 4 is 24.2 Å². The van der Waals surface area contributed by atoms with Crippen molar-refractivity contribution in [1.29, 1.82) is 0 Å². The zero-order valence-electron chi connectivity index (χ0n) is 11.7. The molecule has 0 radical (unpaired) electrons. The lowest BCUT2D eigenvalue weighted by molar-refractivity contribution is -0.137. The monoisotopic (exact) mass is 321 g/mol. The van der Waals surface area contributed by atoms with E-state index in [9.17, 15) is 23.0 Å². The van der Waals surface area contributed by atoms with Crippen LogP contribution in [0.3, 0.4) is 0 Å². The summed E-state index contributed by atoms with van der Waals surface area (Å²) in [4.78, 5) is 12.1. The fourth-order valence-corrected chi connectivity index (χ4v) is 2.32. The van der Waals surface area contributed by atoms with Crippen molar-refractivity contribution < 1.29 is 27.6 Å². The van der Waals surface area contributed by atoms with Crippen LogP contribution < -0.4 is 10.8 Å². The highest BCUT2D eigenvalue weighted by Gasteiger charge is 2.30. The highest BCUT2D eigenvalue weighted by molar-refractivity contribution is 6.61. The predicted molar refractivity (Wildman–Crippen MR) is 78.2 cm³/mol. The Hall–Kier alpha value is -2.32. The van der Waals surface area contributed by atoms with Gasteiger partial charge in [-0.2, -0.15) is 13.2 Å². The number of carbonyl (C=O) groups is 1. The number of amides is 1. The Morgan fingerprint density at radius 2 is 1.87 bits per heavy atom. The van der Waals surface area contributed by atoms with Gasteiger partial charge in [0.1, 0.15) is 0 Å². The maximum absolute atomic E-state index is 12.5. The quantitative estimate of drug-likeness (QED) is 0.834. The molecule has 1 aliphatic heterocycles. The number of alkyl halides is 3. The van der Waals surface area contributed by atoms with Crippen molar-refractivity contribution in [2.45, 2.75) is 12.8 Å². The standard InChI is InChI=1S/C15H11BF3NO3/c17-15(18,19)11-2-4-12(5-3-11)20-14(21)9-1-6-13-10(7-9)8-23-16(13)22/h1-7,22H,8H2,(H,20,21). The lowest BCUT2D eigenvalue weighted by Crippen LogP contribution is -2.28. The van der Waals surface area contributed by atoms with Gasteiger partial charge in [0.2, 0.25) is 0 Å². The molecule has 2 N–H and O–H groups in total. The second-order valence-electron chi connectivity index (χ2n) is 5.11. The smallest absolute Gasteiger partial charge is 0.423 e. The summed E-state index contributed by atoms with van der Waals surface area (Å²) in [7, 11) is -0.989. The highest BCUT2D eigenvalue weighted by Crippen LogP contribution is 2.29. The third kappa shape index (κ3) is 3.23. The fraction of sp³-hybridized carbons (Fsp3) is 0.133. The van der Waals surface area contributed by atoms with Gasteiger partial charge in [0.25, 0.3) is 5.91 Å². The third-order valence-corrected chi connectivity index (χ3v) is 3.54. The van der Waals surface area contributed by atoms with Crippen molar-refractivity contribution in [3.05, 3.63) is 59.2 Å². The van der Waals surface area contributed by atoms with Crippen LogP contribution in [0.4, 0.5) is 18.9 Å². The minimum Gasteiger partial charge on any atom is -0.423 e. The van der Waals surface area contributed by atoms with Gasteiger partial charge < -0.3 is 15.0 Å². The largest absolute Gasteiger partial charge is 0.491 e. The molecule has 0 atom stereocenters. The van der Waals surface area contributed by atoms with Gasteiger partial charge in [0, 0.05) is 11.3 Å². The predicted octanol–water partition coefficient (Wildman–Crippen LogP) is 2.18. The van der Waals surface area contributed by atoms with Crippen LogP contribution in [0.2, 0.25) is 0 Å². The molecule has 0 fully saturated rings. The summed E-state index contributed by atoms with van der Waals surface area (Å²) in [5.41, 5.74) is 1.13. The van der Waals surface area contributed by atoms with E-state index < -0.39 is 24.8 Å². The molecule has 8 heteroatoms. The normalized spacial score (nSPS) is 13.8. The molecular formula is C15H11BF3NO3. The number of anilines is 1. The Bertz CT molecular complexity index is 747. The van der Waals surface area contributed by atoms with Gasteiger partial charge in [-0.25, -0.2) is 0 Å². The van der Waals surface area contributed by atoms with E-state index in [1.807, 2.05) is 0 Å². The van der Waals surface area contributed by atoms with Crippen LogP contribution in [0.25, 0.3) is 0 Å². The molecule has 1 aliphatic rings. The van der Waals surface area contributed by atoms with Gasteiger partial charge in [-0.15, -0.1) is 0 Å². The molecule has 0 unspecified atom stereocenters. The Kier molecular flexibility index (Phi) is 3.87. The molecule has 0 saturated carbocycles. The minimum atomic E-state index is -4.41. The van der Waals surface area contributed by atoms with E-state index in [4.69, 9.17) is 4.65 Å². The fourth-order valence-electron chi connectivity index (χ4n) is 2.32. The summed E-state index contributed by atoms with van der Waals surface area (Å²) in [6.07, 6.45) is -4.41. The molecule has 2 aromatic rings. The highest BCUT2D eigenvalue weighted by atomic mass is 19.4. The van der Waals surface area contributed by atoms with Crippen LogP contribution in [0.1, 0.15) is 21.5 Å². The first-order valence-electron chi connectivity index (χ1n) is 6.76. The maximum atomic E-state index is 12.5. The molecule has 2 aromatic carbocycles. The van der Waals surface area contributed by atoms with E-state index >= 15 is 0 Å². The van der Waals surface area contributed by atoms with Crippen LogP contribution in [-0.4, -0.2) is 18.0 Å². The number of nitrogens with one attached hydrogen (secondary N) is 1. The molecule has 0 saturated heterocycles. The Balaban J connectivity index is 1.75. The van der Waals surface area contributed by atoms with Crippen molar-refractivity contribution in [2.75, 3.05) is 5.32 Å². The minimum absolute atomic E-state index is 0.206. The van der Waals surface area contributed by atoms with Gasteiger partial charge in [0.15, 0.2) is 0 Å². The maximum Gasteiger partial charge on any atom is 0.491 e. The summed E-state index contributed by atoms with van der Waals surface area (Å²) < 4.78 is 42.5. The topological polar surface area (TPSA) is 58.6 Å². The van der Waals surface area contributed by atoms with Crippen molar-refractivity contribution in [3.8, 4) is 0 Å². The van der Waals surface area contributed by atoms with Crippen molar-refractivity contribution in [3.63, 3.8) is 0 Å². The number of hydrogen-bond acceptors (Lipinski definition) is 3. The van der Waals surface area contributed by atoms with E-state index in [1.54, 1.807) is 12.1 Å². The van der Waals surface area contributed by atoms with Gasteiger partial charge in [-0.05, 0) is 47.4 Å². The van der Waals surface area contributed by atoms with Gasteiger partial charge in [0.05, 0.1) is 12.2 Å². The summed E-state index contributed by atoms with van der Waals surface area (Å²) >= 11 is 0. The molecule has 3 rings (SSSR count). The molecule has 4 nitrogen and oxygen atoms in total. The van der Waals surface area contributed by atoms with Gasteiger partial charge in [-0.3, -0.25) is 4.79 Å². The number of halogens is 3. The molecule has 23 heavy (non-hydrogen) atoms. The Morgan fingerprint density at radius 1 is 1.17 bits per heavy atom. The second kappa shape index (κ2) is 5.71. The van der Waals surface area contributed by atoms with E-state index in [2.05, 4.69) is 5.32 Å². The summed E-state index contributed by atoms with van der Waals surface area (Å²) in [6, 6.07) is 8.91. The van der Waals surface area contributed by atoms with E-state index in [1.165, 1.54) is 18.2 Å². The number of fused-ring (bicyclic) bond motifs is 1. The number of benzene rings is 2. The van der Waals surface area contributed by atoms with Crippen molar-refractivity contribution in [1.82, 2.24) is 0 Å². The van der Waals surface area contributed by atoms with E-state index in [0.29, 0.717) is 16.6 Å². The SMILES string of the molecule is O=C(Nc1ccc(C(F)(F)F)cc1)c1ccc2c(c1)COB2O. The van der Waals surface area contributed by atoms with Crippen LogP contribution in [0.5, 0.6) is 0 Å². The molecule has 1 amide bonds. The molecule has 0 aromatic heterocycles. The molecule has 0 bridgehead atoms. The lowest BCUT2D eigenvalue weighted by atomic mass is 9.79. The third-order valence-electron chi connectivity index (χ3n) is 3.54. The van der Waals surface area contributed by atoms with Crippen LogP contribution in [0, 0.1) is 0 Å². The van der Waals surface area contributed by atoms with Crippen LogP contribution in [-0.2, 0) is 17.4 Å². The first kappa shape index (κ1) is 15.6. The van der Waals surface area contributed by atoms with Gasteiger partial charge >= 0.3 is 13.3 Å². The lowest BCUT2D eigenvalue weighted by Gasteiger charge is -2.09. The summed E-state index contributed by atoms with van der Waals surface area (Å²) in [6.45, 7) is 0.206. The van der Waals surface area contributed by atoms with Crippen LogP contribution >= 0.6 is 0 Å². The first-order chi connectivity index (χ1) is 10.8. The Labute approximate surface area is 130 Å². The zero-order chi connectivity index (χ0) is 16.6. The van der Waals surface area contributed by atoms with Gasteiger partial charge in [-0.1, -0.05) is 6.07 Å². The first-order valence-corrected chi connectivity index (χ1v) is 6.76. The number of carbonyl (C=O) groups excluding carboxylic acids is 1. The molecule has 0 spiro atoms. The summed E-state index contributed by atoms with van der Waals surface area (Å²) in [5, 5.41) is 12.1. The van der Waals surface area contributed by atoms with Crippen LogP contribution in [0.15, 0.2) is 42.5 Å². The number of hydrogen-bond donors (Lipinski definition) is 2. The van der Waals surface area contributed by atoms with E-state index in [0.717, 1.165) is 12.1 Å². The molecule has 1 heterocycles. The zero-order valence-corrected chi connectivity index (χ0v) is 11.7. The average molecular weight is 321 g/mol.